The highest BCUT2D eigenvalue weighted by Crippen LogP contribution is 2.43. The minimum Gasteiger partial charge on any atom is -0.487 e. The van der Waals surface area contributed by atoms with Gasteiger partial charge in [-0.15, -0.1) is 0 Å². The van der Waals surface area contributed by atoms with Gasteiger partial charge in [0.2, 0.25) is 0 Å². The molecule has 164 valence electrons. The molecular weight excluding hydrogens is 403 g/mol. The van der Waals surface area contributed by atoms with Gasteiger partial charge < -0.3 is 24.4 Å². The van der Waals surface area contributed by atoms with Crippen LogP contribution in [-0.2, 0) is 6.42 Å². The van der Waals surface area contributed by atoms with E-state index in [1.54, 1.807) is 4.90 Å². The lowest BCUT2D eigenvalue weighted by molar-refractivity contribution is 0.0657. The van der Waals surface area contributed by atoms with Gasteiger partial charge in [0.15, 0.2) is 0 Å². The van der Waals surface area contributed by atoms with E-state index in [9.17, 15) is 19.1 Å². The third-order valence-electron chi connectivity index (χ3n) is 5.59. The topological polar surface area (TPSA) is 79.3 Å². The van der Waals surface area contributed by atoms with E-state index in [2.05, 4.69) is 4.90 Å². The number of aromatic carboxylic acids is 1. The number of likely N-dealkylation sites (N-methyl/N-ethyl adjacent to an activating group) is 1. The van der Waals surface area contributed by atoms with Crippen LogP contribution in [0.4, 0.5) is 4.39 Å². The van der Waals surface area contributed by atoms with E-state index >= 15 is 0 Å². The van der Waals surface area contributed by atoms with Crippen LogP contribution in [-0.4, -0.2) is 65.6 Å². The second-order valence-corrected chi connectivity index (χ2v) is 8.63. The van der Waals surface area contributed by atoms with Crippen molar-refractivity contribution >= 4 is 11.9 Å². The Morgan fingerprint density at radius 1 is 1.13 bits per heavy atom. The van der Waals surface area contributed by atoms with Crippen molar-refractivity contribution in [3.63, 3.8) is 0 Å². The maximum Gasteiger partial charge on any atom is 0.335 e. The lowest BCUT2D eigenvalue weighted by Gasteiger charge is -2.32. The number of hydrogen-bond acceptors (Lipinski definition) is 5. The number of hydrogen-bond donors (Lipinski definition) is 1. The van der Waals surface area contributed by atoms with Crippen molar-refractivity contribution in [2.45, 2.75) is 25.9 Å². The smallest absolute Gasteiger partial charge is 0.335 e. The van der Waals surface area contributed by atoms with E-state index in [1.165, 1.54) is 24.3 Å². The normalized spacial score (nSPS) is 17.7. The van der Waals surface area contributed by atoms with Crippen molar-refractivity contribution < 1.29 is 28.6 Å². The van der Waals surface area contributed by atoms with E-state index < -0.39 is 17.4 Å². The SMILES string of the molecule is CN1CCN(C(=O)c2ccc(Oc3cc(C(=O)O)cc4c3CC(C)(C)O4)cc2F)CC1. The summed E-state index contributed by atoms with van der Waals surface area (Å²) in [6.07, 6.45) is 0.528. The number of carbonyl (C=O) groups is 2. The number of fused-ring (bicyclic) bond motifs is 1. The van der Waals surface area contributed by atoms with E-state index in [-0.39, 0.29) is 22.8 Å². The van der Waals surface area contributed by atoms with Gasteiger partial charge in [-0.3, -0.25) is 4.79 Å². The number of carbonyl (C=O) groups excluding carboxylic acids is 1. The number of piperazine rings is 1. The zero-order valence-corrected chi connectivity index (χ0v) is 17.8. The minimum absolute atomic E-state index is 0.00844. The first-order chi connectivity index (χ1) is 14.6. The van der Waals surface area contributed by atoms with Crippen molar-refractivity contribution in [1.82, 2.24) is 9.80 Å². The van der Waals surface area contributed by atoms with Crippen LogP contribution < -0.4 is 9.47 Å². The number of carboxylic acid groups (broad SMARTS) is 1. The Labute approximate surface area is 180 Å². The molecule has 0 atom stereocenters. The number of nitrogens with zero attached hydrogens (tertiary/aromatic N) is 2. The van der Waals surface area contributed by atoms with Crippen LogP contribution in [0.5, 0.6) is 17.2 Å². The zero-order valence-electron chi connectivity index (χ0n) is 17.8. The highest BCUT2D eigenvalue weighted by atomic mass is 19.1. The highest BCUT2D eigenvalue weighted by Gasteiger charge is 2.34. The first-order valence-electron chi connectivity index (χ1n) is 10.2. The molecule has 1 amide bonds. The van der Waals surface area contributed by atoms with Crippen LogP contribution in [0.3, 0.4) is 0 Å². The van der Waals surface area contributed by atoms with Crippen molar-refractivity contribution in [2.24, 2.45) is 0 Å². The number of carboxylic acids is 1. The Morgan fingerprint density at radius 2 is 1.84 bits per heavy atom. The van der Waals surface area contributed by atoms with Gasteiger partial charge in [0, 0.05) is 44.2 Å². The first-order valence-corrected chi connectivity index (χ1v) is 10.2. The first kappa shape index (κ1) is 21.1. The number of benzene rings is 2. The molecular formula is C23H25FN2O5. The lowest BCUT2D eigenvalue weighted by atomic mass is 10.00. The van der Waals surface area contributed by atoms with Gasteiger partial charge in [-0.1, -0.05) is 0 Å². The predicted octanol–water partition coefficient (Wildman–Crippen LogP) is 3.42. The Kier molecular flexibility index (Phi) is 5.35. The Morgan fingerprint density at radius 3 is 2.48 bits per heavy atom. The summed E-state index contributed by atoms with van der Waals surface area (Å²) in [5.74, 6) is -1.20. The Bertz CT molecular complexity index is 1040. The standard InChI is InChI=1S/C23H25FN2O5/c1-23(2)13-17-19(10-14(22(28)29)11-20(17)31-23)30-15-4-5-16(18(24)12-15)21(27)26-8-6-25(3)7-9-26/h4-5,10-12H,6-9,13H2,1-3H3,(H,28,29). The van der Waals surface area contributed by atoms with Crippen molar-refractivity contribution in [1.29, 1.82) is 0 Å². The molecule has 31 heavy (non-hydrogen) atoms. The molecule has 2 heterocycles. The van der Waals surface area contributed by atoms with Crippen LogP contribution in [0.1, 0.15) is 40.1 Å². The minimum atomic E-state index is -1.11. The molecule has 2 aliphatic rings. The molecule has 2 aliphatic heterocycles. The van der Waals surface area contributed by atoms with E-state index in [0.29, 0.717) is 31.0 Å². The van der Waals surface area contributed by atoms with Crippen molar-refractivity contribution in [3.8, 4) is 17.2 Å². The van der Waals surface area contributed by atoms with Gasteiger partial charge in [0.1, 0.15) is 28.7 Å². The molecule has 0 aromatic heterocycles. The second kappa shape index (κ2) is 7.85. The summed E-state index contributed by atoms with van der Waals surface area (Å²) >= 11 is 0. The molecule has 0 bridgehead atoms. The maximum absolute atomic E-state index is 14.8. The predicted molar refractivity (Wildman–Crippen MR) is 112 cm³/mol. The molecule has 2 aromatic rings. The maximum atomic E-state index is 14.8. The number of halogens is 1. The molecule has 1 fully saturated rings. The Hall–Kier alpha value is -3.13. The average Bonchev–Trinajstić information content (AvgIpc) is 3.02. The summed E-state index contributed by atoms with van der Waals surface area (Å²) in [6, 6.07) is 6.97. The molecule has 0 spiro atoms. The Balaban J connectivity index is 1.59. The highest BCUT2D eigenvalue weighted by molar-refractivity contribution is 5.94. The summed E-state index contributed by atoms with van der Waals surface area (Å²) in [5, 5.41) is 9.40. The summed E-state index contributed by atoms with van der Waals surface area (Å²) < 4.78 is 26.5. The summed E-state index contributed by atoms with van der Waals surface area (Å²) in [5.41, 5.74) is 0.245. The molecule has 0 unspecified atom stereocenters. The fourth-order valence-corrected chi connectivity index (χ4v) is 3.90. The van der Waals surface area contributed by atoms with Gasteiger partial charge in [0.05, 0.1) is 11.1 Å². The molecule has 0 saturated carbocycles. The van der Waals surface area contributed by atoms with Crippen LogP contribution in [0.25, 0.3) is 0 Å². The fraction of sp³-hybridized carbons (Fsp3) is 0.391. The zero-order chi connectivity index (χ0) is 22.3. The quantitative estimate of drug-likeness (QED) is 0.804. The van der Waals surface area contributed by atoms with E-state index in [0.717, 1.165) is 24.7 Å². The third kappa shape index (κ3) is 4.34. The summed E-state index contributed by atoms with van der Waals surface area (Å²) in [6.45, 7) is 6.40. The van der Waals surface area contributed by atoms with Gasteiger partial charge in [-0.05, 0) is 45.2 Å². The average molecular weight is 428 g/mol. The molecule has 7 nitrogen and oxygen atoms in total. The van der Waals surface area contributed by atoms with Gasteiger partial charge in [-0.25, -0.2) is 9.18 Å². The summed E-state index contributed by atoms with van der Waals surface area (Å²) in [4.78, 5) is 27.9. The van der Waals surface area contributed by atoms with Crippen LogP contribution in [0.15, 0.2) is 30.3 Å². The molecule has 0 radical (unpaired) electrons. The molecule has 8 heteroatoms. The molecule has 1 N–H and O–H groups in total. The van der Waals surface area contributed by atoms with E-state index in [1.807, 2.05) is 20.9 Å². The van der Waals surface area contributed by atoms with Gasteiger partial charge in [0.25, 0.3) is 5.91 Å². The van der Waals surface area contributed by atoms with Crippen LogP contribution in [0, 0.1) is 5.82 Å². The summed E-state index contributed by atoms with van der Waals surface area (Å²) in [7, 11) is 1.98. The van der Waals surface area contributed by atoms with Crippen molar-refractivity contribution in [3.05, 3.63) is 52.8 Å². The number of amides is 1. The lowest BCUT2D eigenvalue weighted by Crippen LogP contribution is -2.47. The number of rotatable bonds is 4. The van der Waals surface area contributed by atoms with Gasteiger partial charge in [-0.2, -0.15) is 0 Å². The van der Waals surface area contributed by atoms with Crippen LogP contribution in [0.2, 0.25) is 0 Å². The van der Waals surface area contributed by atoms with Crippen LogP contribution >= 0.6 is 0 Å². The fourth-order valence-electron chi connectivity index (χ4n) is 3.90. The van der Waals surface area contributed by atoms with Crippen molar-refractivity contribution in [2.75, 3.05) is 33.2 Å². The monoisotopic (exact) mass is 428 g/mol. The molecule has 2 aromatic carbocycles. The molecule has 0 aliphatic carbocycles. The molecule has 4 rings (SSSR count). The largest absolute Gasteiger partial charge is 0.487 e. The molecule has 1 saturated heterocycles. The third-order valence-corrected chi connectivity index (χ3v) is 5.59. The van der Waals surface area contributed by atoms with E-state index in [4.69, 9.17) is 9.47 Å². The second-order valence-electron chi connectivity index (χ2n) is 8.63. The number of ether oxygens (including phenoxy) is 2. The van der Waals surface area contributed by atoms with Gasteiger partial charge >= 0.3 is 5.97 Å².